The molecule has 0 aromatic carbocycles. The summed E-state index contributed by atoms with van der Waals surface area (Å²) >= 11 is 0. The third-order valence-corrected chi connectivity index (χ3v) is 3.61. The Balaban J connectivity index is 1.99. The Hall–Kier alpha value is -1.29. The van der Waals surface area contributed by atoms with Gasteiger partial charge in [0.25, 0.3) is 5.91 Å². The van der Waals surface area contributed by atoms with Crippen LogP contribution in [0.4, 0.5) is 0 Å². The minimum atomic E-state index is 0.0826. The molecule has 1 aromatic rings. The molecule has 2 N–H and O–H groups in total. The Kier molecular flexibility index (Phi) is 4.42. The number of nitrogens with two attached hydrogens (primary N) is 1. The fourth-order valence-corrected chi connectivity index (χ4v) is 2.68. The second-order valence-corrected chi connectivity index (χ2v) is 5.05. The molecule has 0 aliphatic carbocycles. The van der Waals surface area contributed by atoms with E-state index in [1.807, 2.05) is 4.90 Å². The van der Waals surface area contributed by atoms with Crippen molar-refractivity contribution in [2.75, 3.05) is 13.1 Å². The van der Waals surface area contributed by atoms with Crippen molar-refractivity contribution in [1.29, 1.82) is 0 Å². The molecule has 1 aromatic heterocycles. The molecule has 4 nitrogen and oxygen atoms in total. The van der Waals surface area contributed by atoms with E-state index < -0.39 is 0 Å². The fraction of sp³-hybridized carbons (Fsp3) is 0.643. The van der Waals surface area contributed by atoms with Crippen molar-refractivity contribution in [3.63, 3.8) is 0 Å². The van der Waals surface area contributed by atoms with Gasteiger partial charge in [0.1, 0.15) is 12.0 Å². The Morgan fingerprint density at radius 2 is 2.44 bits per heavy atom. The van der Waals surface area contributed by atoms with Crippen LogP contribution < -0.4 is 5.73 Å². The molecule has 1 aliphatic heterocycles. The molecule has 18 heavy (non-hydrogen) atoms. The summed E-state index contributed by atoms with van der Waals surface area (Å²) in [5, 5.41) is 0. The monoisotopic (exact) mass is 250 g/mol. The Morgan fingerprint density at radius 3 is 3.11 bits per heavy atom. The molecule has 1 unspecified atom stereocenters. The van der Waals surface area contributed by atoms with E-state index in [1.165, 1.54) is 25.5 Å². The molecule has 100 valence electrons. The van der Waals surface area contributed by atoms with Gasteiger partial charge in [-0.15, -0.1) is 0 Å². The highest BCUT2D eigenvalue weighted by atomic mass is 16.3. The zero-order valence-electron chi connectivity index (χ0n) is 11.0. The van der Waals surface area contributed by atoms with E-state index in [0.29, 0.717) is 23.8 Å². The van der Waals surface area contributed by atoms with Gasteiger partial charge in [-0.2, -0.15) is 0 Å². The summed E-state index contributed by atoms with van der Waals surface area (Å²) < 4.78 is 5.23. The number of hydrogen-bond acceptors (Lipinski definition) is 3. The number of piperidine rings is 1. The largest absolute Gasteiger partial charge is 0.467 e. The molecule has 0 saturated carbocycles. The molecule has 4 heteroatoms. The highest BCUT2D eigenvalue weighted by Crippen LogP contribution is 2.22. The summed E-state index contributed by atoms with van der Waals surface area (Å²) in [4.78, 5) is 14.3. The van der Waals surface area contributed by atoms with Crippen LogP contribution in [0.25, 0.3) is 0 Å². The van der Waals surface area contributed by atoms with Gasteiger partial charge in [-0.05, 0) is 31.2 Å². The fourth-order valence-electron chi connectivity index (χ4n) is 2.68. The van der Waals surface area contributed by atoms with Gasteiger partial charge in [0.2, 0.25) is 0 Å². The molecule has 0 radical (unpaired) electrons. The maximum Gasteiger partial charge on any atom is 0.257 e. The molecule has 1 atom stereocenters. The summed E-state index contributed by atoms with van der Waals surface area (Å²) in [6, 6.07) is 1.76. The first-order valence-corrected chi connectivity index (χ1v) is 6.81. The van der Waals surface area contributed by atoms with E-state index in [-0.39, 0.29) is 5.91 Å². The van der Waals surface area contributed by atoms with Crippen LogP contribution in [0.1, 0.15) is 48.7 Å². The van der Waals surface area contributed by atoms with E-state index >= 15 is 0 Å². The smallest absolute Gasteiger partial charge is 0.257 e. The molecule has 2 heterocycles. The van der Waals surface area contributed by atoms with Crippen LogP contribution >= 0.6 is 0 Å². The Bertz CT molecular complexity index is 398. The van der Waals surface area contributed by atoms with E-state index in [1.54, 1.807) is 6.07 Å². The molecule has 1 fully saturated rings. The number of rotatable bonds is 4. The second-order valence-electron chi connectivity index (χ2n) is 5.05. The number of furan rings is 1. The second kappa shape index (κ2) is 6.05. The molecule has 1 saturated heterocycles. The van der Waals surface area contributed by atoms with Crippen LogP contribution in [-0.4, -0.2) is 23.9 Å². The van der Waals surface area contributed by atoms with Crippen LogP contribution in [0, 0.1) is 5.92 Å². The standard InChI is InChI=1S/C14H22N2O2/c1-2-4-11-5-3-6-16(9-11)14(17)12-7-13(8-15)18-10-12/h7,10-11H,2-6,8-9,15H2,1H3. The zero-order valence-corrected chi connectivity index (χ0v) is 11.0. The lowest BCUT2D eigenvalue weighted by atomic mass is 9.93. The maximum atomic E-state index is 12.3. The van der Waals surface area contributed by atoms with Gasteiger partial charge >= 0.3 is 0 Å². The van der Waals surface area contributed by atoms with Crippen molar-refractivity contribution in [3.8, 4) is 0 Å². The molecule has 0 spiro atoms. The van der Waals surface area contributed by atoms with E-state index in [0.717, 1.165) is 19.5 Å². The topological polar surface area (TPSA) is 59.5 Å². The molecular weight excluding hydrogens is 228 g/mol. The molecule has 1 aliphatic rings. The lowest BCUT2D eigenvalue weighted by molar-refractivity contribution is 0.0667. The summed E-state index contributed by atoms with van der Waals surface area (Å²) in [7, 11) is 0. The van der Waals surface area contributed by atoms with Crippen LogP contribution in [0.15, 0.2) is 16.7 Å². The lowest BCUT2D eigenvalue weighted by Gasteiger charge is -2.32. The predicted octanol–water partition coefficient (Wildman–Crippen LogP) is 2.39. The highest BCUT2D eigenvalue weighted by Gasteiger charge is 2.24. The number of amides is 1. The summed E-state index contributed by atoms with van der Waals surface area (Å²) in [6.45, 7) is 4.29. The van der Waals surface area contributed by atoms with Crippen LogP contribution in [0.5, 0.6) is 0 Å². The van der Waals surface area contributed by atoms with Crippen molar-refractivity contribution in [2.24, 2.45) is 11.7 Å². The van der Waals surface area contributed by atoms with Gasteiger partial charge < -0.3 is 15.1 Å². The van der Waals surface area contributed by atoms with Crippen molar-refractivity contribution >= 4 is 5.91 Å². The first-order chi connectivity index (χ1) is 8.74. The van der Waals surface area contributed by atoms with E-state index in [9.17, 15) is 4.79 Å². The van der Waals surface area contributed by atoms with Crippen LogP contribution in [0.3, 0.4) is 0 Å². The SMILES string of the molecule is CCCC1CCCN(C(=O)c2coc(CN)c2)C1. The van der Waals surface area contributed by atoms with Crippen LogP contribution in [0.2, 0.25) is 0 Å². The number of carbonyl (C=O) groups is 1. The minimum Gasteiger partial charge on any atom is -0.467 e. The van der Waals surface area contributed by atoms with Gasteiger partial charge in [-0.25, -0.2) is 0 Å². The highest BCUT2D eigenvalue weighted by molar-refractivity contribution is 5.94. The quantitative estimate of drug-likeness (QED) is 0.892. The predicted molar refractivity (Wildman–Crippen MR) is 70.1 cm³/mol. The van der Waals surface area contributed by atoms with Crippen molar-refractivity contribution < 1.29 is 9.21 Å². The average Bonchev–Trinajstić information content (AvgIpc) is 2.87. The van der Waals surface area contributed by atoms with E-state index in [2.05, 4.69) is 6.92 Å². The van der Waals surface area contributed by atoms with Crippen molar-refractivity contribution in [3.05, 3.63) is 23.7 Å². The third-order valence-electron chi connectivity index (χ3n) is 3.61. The molecule has 1 amide bonds. The average molecular weight is 250 g/mol. The maximum absolute atomic E-state index is 12.3. The lowest BCUT2D eigenvalue weighted by Crippen LogP contribution is -2.39. The third kappa shape index (κ3) is 2.93. The molecular formula is C14H22N2O2. The molecule has 2 rings (SSSR count). The molecule has 0 bridgehead atoms. The van der Waals surface area contributed by atoms with Gasteiger partial charge in [-0.1, -0.05) is 13.3 Å². The Labute approximate surface area is 108 Å². The number of likely N-dealkylation sites (tertiary alicyclic amines) is 1. The van der Waals surface area contributed by atoms with Crippen molar-refractivity contribution in [2.45, 2.75) is 39.2 Å². The number of carbonyl (C=O) groups excluding carboxylic acids is 1. The van der Waals surface area contributed by atoms with Crippen LogP contribution in [-0.2, 0) is 6.54 Å². The summed E-state index contributed by atoms with van der Waals surface area (Å²) in [6.07, 6.45) is 6.28. The van der Waals surface area contributed by atoms with Gasteiger partial charge in [0, 0.05) is 13.1 Å². The van der Waals surface area contributed by atoms with Gasteiger partial charge in [0.05, 0.1) is 12.1 Å². The van der Waals surface area contributed by atoms with Gasteiger partial charge in [0.15, 0.2) is 0 Å². The summed E-state index contributed by atoms with van der Waals surface area (Å²) in [5.41, 5.74) is 6.12. The first kappa shape index (κ1) is 13.1. The number of hydrogen-bond donors (Lipinski definition) is 1. The van der Waals surface area contributed by atoms with E-state index in [4.69, 9.17) is 10.2 Å². The zero-order chi connectivity index (χ0) is 13.0. The Morgan fingerprint density at radius 1 is 1.61 bits per heavy atom. The normalized spacial score (nSPS) is 20.1. The number of nitrogens with zero attached hydrogens (tertiary/aromatic N) is 1. The van der Waals surface area contributed by atoms with Gasteiger partial charge in [-0.3, -0.25) is 4.79 Å². The minimum absolute atomic E-state index is 0.0826. The van der Waals surface area contributed by atoms with Crippen molar-refractivity contribution in [1.82, 2.24) is 4.90 Å². The summed E-state index contributed by atoms with van der Waals surface area (Å²) in [5.74, 6) is 1.41. The first-order valence-electron chi connectivity index (χ1n) is 6.81.